The second-order valence-electron chi connectivity index (χ2n) is 5.60. The minimum atomic E-state index is -0.407. The van der Waals surface area contributed by atoms with E-state index in [-0.39, 0.29) is 18.1 Å². The van der Waals surface area contributed by atoms with Crippen LogP contribution in [0.1, 0.15) is 17.3 Å². The van der Waals surface area contributed by atoms with Gasteiger partial charge in [0.05, 0.1) is 29.9 Å². The minimum Gasteiger partial charge on any atom is -0.496 e. The number of nitrogens with zero attached hydrogens (tertiary/aromatic N) is 2. The molecule has 0 fully saturated rings. The second kappa shape index (κ2) is 10.1. The Labute approximate surface area is 175 Å². The van der Waals surface area contributed by atoms with E-state index < -0.39 is 5.97 Å². The van der Waals surface area contributed by atoms with E-state index in [1.807, 2.05) is 17.5 Å². The van der Waals surface area contributed by atoms with Crippen LogP contribution in [0.3, 0.4) is 0 Å². The largest absolute Gasteiger partial charge is 0.496 e. The summed E-state index contributed by atoms with van der Waals surface area (Å²) >= 11 is 2.64. The van der Waals surface area contributed by atoms with Crippen LogP contribution in [0.15, 0.2) is 45.4 Å². The highest BCUT2D eigenvalue weighted by Crippen LogP contribution is 2.30. The van der Waals surface area contributed by atoms with Gasteiger partial charge in [0.1, 0.15) is 12.3 Å². The molecule has 0 saturated heterocycles. The van der Waals surface area contributed by atoms with Crippen LogP contribution in [0.5, 0.6) is 5.75 Å². The van der Waals surface area contributed by atoms with Gasteiger partial charge in [0.25, 0.3) is 11.1 Å². The van der Waals surface area contributed by atoms with Gasteiger partial charge in [0.2, 0.25) is 0 Å². The van der Waals surface area contributed by atoms with E-state index in [0.717, 1.165) is 16.6 Å². The van der Waals surface area contributed by atoms with Gasteiger partial charge >= 0.3 is 5.97 Å². The molecule has 1 aromatic carbocycles. The van der Waals surface area contributed by atoms with Crippen LogP contribution in [0.4, 0.5) is 5.69 Å². The Kier molecular flexibility index (Phi) is 7.25. The van der Waals surface area contributed by atoms with E-state index in [1.54, 1.807) is 25.1 Å². The third-order valence-electron chi connectivity index (χ3n) is 3.72. The van der Waals surface area contributed by atoms with E-state index in [9.17, 15) is 9.59 Å². The fraction of sp³-hybridized carbons (Fsp3) is 0.263. The monoisotopic (exact) mass is 433 g/mol. The number of carbonyl (C=O) groups is 2. The van der Waals surface area contributed by atoms with Gasteiger partial charge in [-0.2, -0.15) is 0 Å². The zero-order chi connectivity index (χ0) is 20.6. The highest BCUT2D eigenvalue weighted by atomic mass is 32.2. The van der Waals surface area contributed by atoms with Crippen LogP contribution in [-0.2, 0) is 9.53 Å². The first-order valence-corrected chi connectivity index (χ1v) is 10.6. The number of esters is 1. The third-order valence-corrected chi connectivity index (χ3v) is 5.39. The summed E-state index contributed by atoms with van der Waals surface area (Å²) in [7, 11) is 1.49. The Hall–Kier alpha value is -2.85. The maximum Gasteiger partial charge on any atom is 0.325 e. The maximum atomic E-state index is 12.9. The Balaban J connectivity index is 1.70. The number of ether oxygens (including phenoxy) is 2. The Morgan fingerprint density at radius 3 is 2.83 bits per heavy atom. The van der Waals surface area contributed by atoms with Crippen LogP contribution in [0.25, 0.3) is 10.8 Å². The van der Waals surface area contributed by atoms with Crippen LogP contribution in [-0.4, -0.2) is 48.0 Å². The van der Waals surface area contributed by atoms with Crippen molar-refractivity contribution in [3.63, 3.8) is 0 Å². The molecule has 0 radical (unpaired) electrons. The van der Waals surface area contributed by atoms with Gasteiger partial charge in [-0.3, -0.25) is 9.59 Å². The van der Waals surface area contributed by atoms with Crippen molar-refractivity contribution in [1.82, 2.24) is 10.2 Å². The molecule has 0 atom stereocenters. The number of aromatic nitrogens is 2. The van der Waals surface area contributed by atoms with Gasteiger partial charge in [-0.05, 0) is 30.5 Å². The van der Waals surface area contributed by atoms with E-state index in [2.05, 4.69) is 15.5 Å². The van der Waals surface area contributed by atoms with Crippen molar-refractivity contribution in [3.8, 4) is 16.5 Å². The molecule has 29 heavy (non-hydrogen) atoms. The molecule has 8 nitrogen and oxygen atoms in total. The molecular formula is C19H19N3O5S2. The zero-order valence-electron chi connectivity index (χ0n) is 15.8. The topological polar surface area (TPSA) is 104 Å². The highest BCUT2D eigenvalue weighted by Gasteiger charge is 2.20. The number of hydrogen-bond acceptors (Lipinski definition) is 10. The molecule has 0 aliphatic carbocycles. The molecule has 0 amide bonds. The summed E-state index contributed by atoms with van der Waals surface area (Å²) in [5.74, 6) is 0.295. The standard InChI is InChI=1S/C19H19N3O5S2/c1-3-26-16(24)10-20-12-6-4-7-14(25-2)17(12)13(23)11-29-19-22-21-18(27-19)15-8-5-9-28-15/h4-9,20H,3,10-11H2,1-2H3. The number of carbonyl (C=O) groups excluding carboxylic acids is 2. The summed E-state index contributed by atoms with van der Waals surface area (Å²) in [5, 5.41) is 13.1. The van der Waals surface area contributed by atoms with Crippen molar-refractivity contribution in [3.05, 3.63) is 41.3 Å². The van der Waals surface area contributed by atoms with E-state index >= 15 is 0 Å². The van der Waals surface area contributed by atoms with Crippen LogP contribution in [0.2, 0.25) is 0 Å². The fourth-order valence-corrected chi connectivity index (χ4v) is 3.76. The van der Waals surface area contributed by atoms with Gasteiger partial charge < -0.3 is 19.2 Å². The first-order chi connectivity index (χ1) is 14.1. The van der Waals surface area contributed by atoms with E-state index in [0.29, 0.717) is 34.7 Å². The first-order valence-electron chi connectivity index (χ1n) is 8.72. The summed E-state index contributed by atoms with van der Waals surface area (Å²) in [6, 6.07) is 8.92. The number of anilines is 1. The average Bonchev–Trinajstić information content (AvgIpc) is 3.42. The summed E-state index contributed by atoms with van der Waals surface area (Å²) in [6.45, 7) is 1.97. The third kappa shape index (κ3) is 5.36. The first kappa shape index (κ1) is 20.9. The molecular weight excluding hydrogens is 414 g/mol. The lowest BCUT2D eigenvalue weighted by atomic mass is 10.1. The smallest absolute Gasteiger partial charge is 0.325 e. The maximum absolute atomic E-state index is 12.9. The molecule has 0 spiro atoms. The molecule has 1 N–H and O–H groups in total. The SMILES string of the molecule is CCOC(=O)CNc1cccc(OC)c1C(=O)CSc1nnc(-c2cccs2)o1. The quantitative estimate of drug-likeness (QED) is 0.291. The van der Waals surface area contributed by atoms with Crippen LogP contribution >= 0.6 is 23.1 Å². The van der Waals surface area contributed by atoms with Crippen molar-refractivity contribution in [1.29, 1.82) is 0 Å². The molecule has 3 rings (SSSR count). The second-order valence-corrected chi connectivity index (χ2v) is 7.48. The van der Waals surface area contributed by atoms with Crippen molar-refractivity contribution in [2.75, 3.05) is 31.3 Å². The van der Waals surface area contributed by atoms with E-state index in [4.69, 9.17) is 13.9 Å². The molecule has 152 valence electrons. The molecule has 0 saturated carbocycles. The number of benzene rings is 1. The highest BCUT2D eigenvalue weighted by molar-refractivity contribution is 7.99. The zero-order valence-corrected chi connectivity index (χ0v) is 17.5. The molecule has 0 unspecified atom stereocenters. The summed E-state index contributed by atoms with van der Waals surface area (Å²) in [6.07, 6.45) is 0. The lowest BCUT2D eigenvalue weighted by molar-refractivity contribution is -0.140. The van der Waals surface area contributed by atoms with Crippen molar-refractivity contribution >= 4 is 40.5 Å². The number of rotatable bonds is 10. The summed E-state index contributed by atoms with van der Waals surface area (Å²) in [4.78, 5) is 25.4. The van der Waals surface area contributed by atoms with E-state index in [1.165, 1.54) is 18.4 Å². The fourth-order valence-electron chi connectivity index (χ4n) is 2.48. The summed E-state index contributed by atoms with van der Waals surface area (Å²) < 4.78 is 15.8. The van der Waals surface area contributed by atoms with Gasteiger partial charge in [0.15, 0.2) is 5.78 Å². The Morgan fingerprint density at radius 1 is 1.24 bits per heavy atom. The number of Topliss-reactive ketones (excluding diaryl/α,β-unsaturated/α-hetero) is 1. The van der Waals surface area contributed by atoms with Crippen molar-refractivity contribution < 1.29 is 23.5 Å². The number of thiophene rings is 1. The Morgan fingerprint density at radius 2 is 2.10 bits per heavy atom. The normalized spacial score (nSPS) is 10.6. The average molecular weight is 434 g/mol. The predicted octanol–water partition coefficient (Wildman–Crippen LogP) is 3.76. The number of ketones is 1. The van der Waals surface area contributed by atoms with Gasteiger partial charge in [-0.15, -0.1) is 21.5 Å². The molecule has 2 heterocycles. The molecule has 3 aromatic rings. The number of thioether (sulfide) groups is 1. The predicted molar refractivity (Wildman–Crippen MR) is 111 cm³/mol. The van der Waals surface area contributed by atoms with Crippen molar-refractivity contribution in [2.45, 2.75) is 12.1 Å². The van der Waals surface area contributed by atoms with Gasteiger partial charge in [-0.1, -0.05) is 23.9 Å². The van der Waals surface area contributed by atoms with Crippen molar-refractivity contribution in [2.24, 2.45) is 0 Å². The van der Waals surface area contributed by atoms with Crippen LogP contribution in [0, 0.1) is 0 Å². The summed E-state index contributed by atoms with van der Waals surface area (Å²) in [5.41, 5.74) is 0.845. The molecule has 10 heteroatoms. The number of methoxy groups -OCH3 is 1. The lowest BCUT2D eigenvalue weighted by Crippen LogP contribution is -2.19. The van der Waals surface area contributed by atoms with Crippen LogP contribution < -0.4 is 10.1 Å². The minimum absolute atomic E-state index is 0.0533. The number of hydrogen-bond donors (Lipinski definition) is 1. The molecule has 0 bridgehead atoms. The molecule has 2 aromatic heterocycles. The molecule has 0 aliphatic rings. The van der Waals surface area contributed by atoms with Gasteiger partial charge in [0, 0.05) is 5.69 Å². The lowest BCUT2D eigenvalue weighted by Gasteiger charge is -2.14. The number of nitrogens with one attached hydrogen (secondary N) is 1. The molecule has 0 aliphatic heterocycles. The Bertz CT molecular complexity index is 972. The van der Waals surface area contributed by atoms with Gasteiger partial charge in [-0.25, -0.2) is 0 Å².